The molecule has 0 aliphatic heterocycles. The van der Waals surface area contributed by atoms with Gasteiger partial charge in [-0.2, -0.15) is 0 Å². The van der Waals surface area contributed by atoms with Gasteiger partial charge in [0.1, 0.15) is 44.3 Å². The predicted molar refractivity (Wildman–Crippen MR) is 246 cm³/mol. The van der Waals surface area contributed by atoms with E-state index in [1.54, 1.807) is 49.1 Å². The second-order valence-corrected chi connectivity index (χ2v) is 14.9. The van der Waals surface area contributed by atoms with Crippen LogP contribution in [0.3, 0.4) is 0 Å². The number of fused-ring (bicyclic) bond motifs is 5. The van der Waals surface area contributed by atoms with Gasteiger partial charge in [-0.25, -0.2) is 4.98 Å². The van der Waals surface area contributed by atoms with Crippen molar-refractivity contribution in [3.63, 3.8) is 0 Å². The van der Waals surface area contributed by atoms with Gasteiger partial charge in [0.2, 0.25) is 0 Å². The number of benzene rings is 8. The minimum absolute atomic E-state index is 0. The topological polar surface area (TPSA) is 125 Å². The minimum Gasteiger partial charge on any atom is -0.872 e. The summed E-state index contributed by atoms with van der Waals surface area (Å²) in [5, 5.41) is 35.3. The van der Waals surface area contributed by atoms with Crippen LogP contribution in [0, 0.1) is 0 Å². The summed E-state index contributed by atoms with van der Waals surface area (Å²) >= 11 is 1.48. The van der Waals surface area contributed by atoms with Gasteiger partial charge in [0, 0.05) is 41.7 Å². The molecule has 0 amide bonds. The van der Waals surface area contributed by atoms with Crippen LogP contribution in [-0.2, 0) is 20.1 Å². The van der Waals surface area contributed by atoms with E-state index in [2.05, 4.69) is 37.5 Å². The van der Waals surface area contributed by atoms with Crippen LogP contribution in [0.4, 0.5) is 0 Å². The second kappa shape index (κ2) is 19.1. The fourth-order valence-electron chi connectivity index (χ4n) is 7.06. The fourth-order valence-corrected chi connectivity index (χ4v) is 7.99. The molecule has 0 bridgehead atoms. The van der Waals surface area contributed by atoms with E-state index in [-0.39, 0.29) is 25.9 Å². The Morgan fingerprint density at radius 1 is 0.492 bits per heavy atom. The van der Waals surface area contributed by atoms with Crippen LogP contribution >= 0.6 is 11.3 Å². The van der Waals surface area contributed by atoms with Crippen LogP contribution in [-0.4, -0.2) is 56.3 Å². The summed E-state index contributed by atoms with van der Waals surface area (Å²) in [6.07, 6.45) is 1.58. The van der Waals surface area contributed by atoms with Gasteiger partial charge >= 0.3 is 0 Å². The first-order valence-electron chi connectivity index (χ1n) is 19.6. The molecule has 13 heteroatoms. The molecule has 0 spiro atoms. The quantitative estimate of drug-likeness (QED) is 0.144. The van der Waals surface area contributed by atoms with Gasteiger partial charge in [-0.05, 0) is 78.4 Å². The maximum absolute atomic E-state index is 12.1. The Labute approximate surface area is 379 Å². The van der Waals surface area contributed by atoms with Crippen LogP contribution in [0.15, 0.2) is 170 Å². The average Bonchev–Trinajstić information content (AvgIpc) is 4.08. The maximum Gasteiger partial charge on any atom is 0.126 e. The van der Waals surface area contributed by atoms with Crippen LogP contribution in [0.1, 0.15) is 10.6 Å². The Morgan fingerprint density at radius 2 is 0.937 bits per heavy atom. The Morgan fingerprint density at radius 3 is 1.40 bits per heavy atom. The zero-order valence-corrected chi connectivity index (χ0v) is 37.5. The molecule has 11 rings (SSSR count). The second-order valence-electron chi connectivity index (χ2n) is 13.9. The molecule has 0 atom stereocenters. The third-order valence-corrected chi connectivity index (χ3v) is 11.1. The number of rotatable bonds is 7. The third-order valence-electron chi connectivity index (χ3n) is 10.1. The monoisotopic (exact) mass is 1030 g/mol. The van der Waals surface area contributed by atoms with E-state index >= 15 is 0 Å². The largest absolute Gasteiger partial charge is 0.872 e. The van der Waals surface area contributed by atoms with Gasteiger partial charge < -0.3 is 19.3 Å². The molecule has 63 heavy (non-hydrogen) atoms. The van der Waals surface area contributed by atoms with E-state index in [0.29, 0.717) is 10.6 Å². The normalized spacial score (nSPS) is 11.1. The third kappa shape index (κ3) is 8.98. The summed E-state index contributed by atoms with van der Waals surface area (Å²) in [4.78, 5) is 7.81. The molecular formula is C50H38IrN7O4S-. The fraction of sp³-hybridized carbons (Fsp3) is 0.0600. The van der Waals surface area contributed by atoms with Crippen molar-refractivity contribution in [2.45, 2.75) is 0 Å². The molecule has 0 aliphatic carbocycles. The zero-order chi connectivity index (χ0) is 42.4. The van der Waals surface area contributed by atoms with Crippen LogP contribution in [0.5, 0.6) is 17.2 Å². The number of nitrogens with zero attached hydrogens (tertiary/aromatic N) is 7. The Balaban J connectivity index is 0.000000129. The molecule has 3 aromatic heterocycles. The first-order chi connectivity index (χ1) is 30.5. The van der Waals surface area contributed by atoms with Gasteiger partial charge in [-0.15, -0.1) is 41.3 Å². The summed E-state index contributed by atoms with van der Waals surface area (Å²) < 4.78 is 17.0. The smallest absolute Gasteiger partial charge is 0.126 e. The van der Waals surface area contributed by atoms with E-state index in [1.165, 1.54) is 11.3 Å². The van der Waals surface area contributed by atoms with Crippen molar-refractivity contribution in [3.05, 3.63) is 180 Å². The summed E-state index contributed by atoms with van der Waals surface area (Å²) in [5.74, 6) is 2.47. The SMILES string of the molecule is COc1ccc(-n2nc3ccccc3n2)c2ccccc12.COc1ccc(-n2nc3ccccc3n2)c2ccccc12.COc1ccc2nc(/C=C(\[O-])c3ccccc3)sc2c1.[Ir]. The minimum atomic E-state index is -0.0309. The number of thiazole rings is 1. The average molecular weight is 1030 g/mol. The summed E-state index contributed by atoms with van der Waals surface area (Å²) in [5.41, 5.74) is 6.99. The Kier molecular flexibility index (Phi) is 12.8. The standard InChI is InChI=1S/2C17H13N3O.C16H13NO2S.Ir/c2*1-21-17-11-10-16(12-6-2-3-7-13(12)17)20-18-14-8-4-5-9-15(14)19-20;1-19-12-7-8-13-15(9-12)20-16(17-13)10-14(18)11-5-3-2-4-6-11;/h2*2-11H,1H3;2-10,18H,1H3;/p-1/b;;14-10-;. The summed E-state index contributed by atoms with van der Waals surface area (Å²) in [6, 6.07) is 54.7. The van der Waals surface area contributed by atoms with Gasteiger partial charge in [-0.1, -0.05) is 109 Å². The van der Waals surface area contributed by atoms with Gasteiger partial charge in [0.25, 0.3) is 0 Å². The molecule has 0 aliphatic rings. The van der Waals surface area contributed by atoms with E-state index in [9.17, 15) is 5.11 Å². The van der Waals surface area contributed by atoms with Crippen LogP contribution in [0.2, 0.25) is 0 Å². The van der Waals surface area contributed by atoms with Gasteiger partial charge in [0.15, 0.2) is 0 Å². The molecule has 3 heterocycles. The van der Waals surface area contributed by atoms with E-state index in [4.69, 9.17) is 14.2 Å². The first-order valence-corrected chi connectivity index (χ1v) is 20.5. The summed E-state index contributed by atoms with van der Waals surface area (Å²) in [7, 11) is 5.00. The first kappa shape index (κ1) is 42.3. The summed E-state index contributed by atoms with van der Waals surface area (Å²) in [6.45, 7) is 0. The predicted octanol–water partition coefficient (Wildman–Crippen LogP) is 10.3. The van der Waals surface area contributed by atoms with Gasteiger partial charge in [0.05, 0.1) is 42.9 Å². The maximum atomic E-state index is 12.1. The van der Waals surface area contributed by atoms with Crippen molar-refractivity contribution in [1.82, 2.24) is 35.0 Å². The number of aromatic nitrogens is 7. The molecule has 0 saturated heterocycles. The molecular weight excluding hydrogens is 987 g/mol. The molecule has 0 unspecified atom stereocenters. The Bertz CT molecular complexity index is 3140. The number of hydrogen-bond donors (Lipinski definition) is 0. The van der Waals surface area contributed by atoms with Crippen LogP contribution in [0.25, 0.3) is 77.0 Å². The van der Waals surface area contributed by atoms with Crippen molar-refractivity contribution in [3.8, 4) is 28.6 Å². The van der Waals surface area contributed by atoms with Gasteiger partial charge in [-0.3, -0.25) is 0 Å². The molecule has 1 radical (unpaired) electrons. The number of ether oxygens (including phenoxy) is 3. The van der Waals surface area contributed by atoms with Crippen molar-refractivity contribution in [2.75, 3.05) is 21.3 Å². The van der Waals surface area contributed by atoms with Crippen molar-refractivity contribution < 1.29 is 39.4 Å². The zero-order valence-electron chi connectivity index (χ0n) is 34.2. The van der Waals surface area contributed by atoms with Crippen molar-refractivity contribution in [1.29, 1.82) is 0 Å². The van der Waals surface area contributed by atoms with E-state index < -0.39 is 0 Å². The van der Waals surface area contributed by atoms with Crippen LogP contribution < -0.4 is 19.3 Å². The number of hydrogen-bond acceptors (Lipinski definition) is 10. The number of methoxy groups -OCH3 is 3. The van der Waals surface area contributed by atoms with E-state index in [0.717, 1.165) is 82.5 Å². The van der Waals surface area contributed by atoms with Crippen molar-refractivity contribution >= 4 is 77.0 Å². The molecule has 8 aromatic carbocycles. The Hall–Kier alpha value is -7.44. The molecule has 313 valence electrons. The van der Waals surface area contributed by atoms with E-state index in [1.807, 2.05) is 146 Å². The molecule has 11 nitrogen and oxygen atoms in total. The molecule has 11 aromatic rings. The van der Waals surface area contributed by atoms with Crippen molar-refractivity contribution in [2.24, 2.45) is 0 Å². The molecule has 0 fully saturated rings. The molecule has 0 saturated carbocycles. The molecule has 0 N–H and O–H groups in total.